The molecule has 144 valence electrons. The first-order chi connectivity index (χ1) is 13.0. The quantitative estimate of drug-likeness (QED) is 0.561. The van der Waals surface area contributed by atoms with Gasteiger partial charge in [-0.05, 0) is 49.2 Å². The Labute approximate surface area is 159 Å². The molecule has 1 aromatic carbocycles. The van der Waals surface area contributed by atoms with Crippen molar-refractivity contribution in [3.63, 3.8) is 0 Å². The van der Waals surface area contributed by atoms with Gasteiger partial charge >= 0.3 is 0 Å². The van der Waals surface area contributed by atoms with Crippen LogP contribution in [0.4, 0.5) is 0 Å². The molecule has 27 heavy (non-hydrogen) atoms. The number of carbonyl (C=O) groups excluding carboxylic acids is 2. The van der Waals surface area contributed by atoms with Crippen molar-refractivity contribution in [2.45, 2.75) is 38.6 Å². The molecule has 4 rings (SSSR count). The molecule has 0 bridgehead atoms. The summed E-state index contributed by atoms with van der Waals surface area (Å²) in [5.74, 6) is -1.01. The highest BCUT2D eigenvalue weighted by molar-refractivity contribution is 5.90. The molecule has 2 atom stereocenters. The van der Waals surface area contributed by atoms with Crippen molar-refractivity contribution < 1.29 is 14.8 Å². The van der Waals surface area contributed by atoms with E-state index < -0.39 is 17.9 Å². The van der Waals surface area contributed by atoms with Crippen molar-refractivity contribution in [3.05, 3.63) is 41.5 Å². The highest BCUT2D eigenvalue weighted by Gasteiger charge is 2.52. The maximum absolute atomic E-state index is 13.1. The van der Waals surface area contributed by atoms with Gasteiger partial charge in [-0.3, -0.25) is 14.8 Å². The van der Waals surface area contributed by atoms with Gasteiger partial charge in [-0.25, -0.2) is 5.48 Å². The van der Waals surface area contributed by atoms with Crippen molar-refractivity contribution in [2.24, 2.45) is 11.3 Å². The van der Waals surface area contributed by atoms with Crippen molar-refractivity contribution in [1.29, 1.82) is 0 Å². The molecule has 1 aliphatic carbocycles. The Morgan fingerprint density at radius 3 is 2.78 bits per heavy atom. The van der Waals surface area contributed by atoms with Crippen molar-refractivity contribution in [2.75, 3.05) is 19.6 Å². The lowest BCUT2D eigenvalue weighted by atomic mass is 9.81. The third-order valence-electron chi connectivity index (χ3n) is 6.33. The Bertz CT molecular complexity index is 785. The summed E-state index contributed by atoms with van der Waals surface area (Å²) in [7, 11) is 0. The standard InChI is InChI=1S/C21H27N3O3/c1-14-3-2-4-16(11-14)15-5-9-24(10-6-15)20(26)18-17(19(25)23-27)12-21(7-8-21)13-22-18/h2-5,11,17-18,22,27H,6-10,12-13H2,1H3,(H,23,25)/t17-,18-/m0/s1. The number of nitrogens with zero attached hydrogens (tertiary/aromatic N) is 1. The summed E-state index contributed by atoms with van der Waals surface area (Å²) >= 11 is 0. The summed E-state index contributed by atoms with van der Waals surface area (Å²) in [6, 6.07) is 7.85. The molecule has 6 heteroatoms. The number of hydrogen-bond donors (Lipinski definition) is 3. The molecule has 3 aliphatic rings. The Kier molecular flexibility index (Phi) is 4.78. The van der Waals surface area contributed by atoms with E-state index in [0.717, 1.165) is 25.8 Å². The van der Waals surface area contributed by atoms with Crippen LogP contribution in [0.15, 0.2) is 30.3 Å². The molecule has 0 aromatic heterocycles. The molecular formula is C21H27N3O3. The molecule has 1 saturated heterocycles. The Morgan fingerprint density at radius 2 is 2.15 bits per heavy atom. The molecule has 2 heterocycles. The van der Waals surface area contributed by atoms with Gasteiger partial charge < -0.3 is 10.2 Å². The molecule has 2 fully saturated rings. The summed E-state index contributed by atoms with van der Waals surface area (Å²) in [6.07, 6.45) is 5.76. The molecule has 0 radical (unpaired) electrons. The van der Waals surface area contributed by atoms with E-state index in [0.29, 0.717) is 19.5 Å². The third kappa shape index (κ3) is 3.64. The van der Waals surface area contributed by atoms with Crippen LogP contribution in [0.1, 0.15) is 36.8 Å². The minimum absolute atomic E-state index is 0.0429. The second-order valence-corrected chi connectivity index (χ2v) is 8.28. The molecule has 2 amide bonds. The Balaban J connectivity index is 1.45. The van der Waals surface area contributed by atoms with Crippen LogP contribution >= 0.6 is 0 Å². The fourth-order valence-electron chi connectivity index (χ4n) is 4.44. The van der Waals surface area contributed by atoms with Crippen molar-refractivity contribution in [3.8, 4) is 0 Å². The minimum Gasteiger partial charge on any atom is -0.337 e. The summed E-state index contributed by atoms with van der Waals surface area (Å²) < 4.78 is 0. The molecule has 6 nitrogen and oxygen atoms in total. The summed E-state index contributed by atoms with van der Waals surface area (Å²) in [6.45, 7) is 4.06. The van der Waals surface area contributed by atoms with E-state index in [1.807, 2.05) is 4.90 Å². The highest BCUT2D eigenvalue weighted by Crippen LogP contribution is 2.52. The Morgan fingerprint density at radius 1 is 1.33 bits per heavy atom. The molecule has 2 aliphatic heterocycles. The monoisotopic (exact) mass is 369 g/mol. The number of carbonyl (C=O) groups is 2. The van der Waals surface area contributed by atoms with Gasteiger partial charge in [-0.2, -0.15) is 0 Å². The molecular weight excluding hydrogens is 342 g/mol. The van der Waals surface area contributed by atoms with Crippen LogP contribution in [0.25, 0.3) is 5.57 Å². The van der Waals surface area contributed by atoms with Gasteiger partial charge in [-0.1, -0.05) is 35.9 Å². The van der Waals surface area contributed by atoms with E-state index in [-0.39, 0.29) is 11.3 Å². The first kappa shape index (κ1) is 18.2. The smallest absolute Gasteiger partial charge is 0.248 e. The number of nitrogens with one attached hydrogen (secondary N) is 2. The fraction of sp³-hybridized carbons (Fsp3) is 0.524. The predicted molar refractivity (Wildman–Crippen MR) is 102 cm³/mol. The maximum atomic E-state index is 13.1. The maximum Gasteiger partial charge on any atom is 0.248 e. The number of rotatable bonds is 3. The average Bonchev–Trinajstić information content (AvgIpc) is 3.45. The van der Waals surface area contributed by atoms with Crippen LogP contribution < -0.4 is 10.8 Å². The van der Waals surface area contributed by atoms with E-state index in [1.54, 1.807) is 5.48 Å². The van der Waals surface area contributed by atoms with Gasteiger partial charge in [0.05, 0.1) is 12.0 Å². The first-order valence-electron chi connectivity index (χ1n) is 9.74. The van der Waals surface area contributed by atoms with E-state index in [9.17, 15) is 9.59 Å². The van der Waals surface area contributed by atoms with E-state index in [4.69, 9.17) is 5.21 Å². The molecule has 3 N–H and O–H groups in total. The van der Waals surface area contributed by atoms with Crippen LogP contribution in [-0.2, 0) is 9.59 Å². The SMILES string of the molecule is Cc1cccc(C2=CCN(C(=O)[C@H]3NCC4(CC4)C[C@@H]3C(=O)NO)CC2)c1. The molecule has 1 spiro atoms. The van der Waals surface area contributed by atoms with Crippen molar-refractivity contribution >= 4 is 17.4 Å². The van der Waals surface area contributed by atoms with Gasteiger partial charge in [0.25, 0.3) is 0 Å². The van der Waals surface area contributed by atoms with E-state index in [1.165, 1.54) is 16.7 Å². The van der Waals surface area contributed by atoms with Crippen LogP contribution in [0.2, 0.25) is 0 Å². The third-order valence-corrected chi connectivity index (χ3v) is 6.33. The summed E-state index contributed by atoms with van der Waals surface area (Å²) in [5.41, 5.74) is 5.61. The predicted octanol–water partition coefficient (Wildman–Crippen LogP) is 1.87. The van der Waals surface area contributed by atoms with Gasteiger partial charge in [0.2, 0.25) is 11.8 Å². The zero-order valence-corrected chi connectivity index (χ0v) is 15.7. The number of amides is 2. The van der Waals surface area contributed by atoms with Crippen LogP contribution in [0.5, 0.6) is 0 Å². The zero-order chi connectivity index (χ0) is 19.0. The van der Waals surface area contributed by atoms with Crippen LogP contribution in [0, 0.1) is 18.3 Å². The minimum atomic E-state index is -0.558. The normalized spacial score (nSPS) is 26.4. The lowest BCUT2D eigenvalue weighted by Gasteiger charge is -2.38. The van der Waals surface area contributed by atoms with Gasteiger partial charge in [-0.15, -0.1) is 0 Å². The lowest BCUT2D eigenvalue weighted by molar-refractivity contribution is -0.144. The fourth-order valence-corrected chi connectivity index (χ4v) is 4.44. The largest absolute Gasteiger partial charge is 0.337 e. The topological polar surface area (TPSA) is 81.7 Å². The summed E-state index contributed by atoms with van der Waals surface area (Å²) in [5, 5.41) is 12.4. The number of piperidine rings is 1. The van der Waals surface area contributed by atoms with Crippen molar-refractivity contribution in [1.82, 2.24) is 15.7 Å². The summed E-state index contributed by atoms with van der Waals surface area (Å²) in [4.78, 5) is 27.1. The molecule has 0 unspecified atom stereocenters. The van der Waals surface area contributed by atoms with E-state index >= 15 is 0 Å². The van der Waals surface area contributed by atoms with E-state index in [2.05, 4.69) is 42.6 Å². The number of hydroxylamine groups is 1. The highest BCUT2D eigenvalue weighted by atomic mass is 16.5. The molecule has 1 saturated carbocycles. The number of aryl methyl sites for hydroxylation is 1. The first-order valence-corrected chi connectivity index (χ1v) is 9.74. The lowest BCUT2D eigenvalue weighted by Crippen LogP contribution is -2.59. The average molecular weight is 369 g/mol. The number of benzene rings is 1. The van der Waals surface area contributed by atoms with Gasteiger partial charge in [0.1, 0.15) is 0 Å². The second kappa shape index (κ2) is 7.09. The second-order valence-electron chi connectivity index (χ2n) is 8.28. The van der Waals surface area contributed by atoms with Crippen LogP contribution in [0.3, 0.4) is 0 Å². The van der Waals surface area contributed by atoms with Crippen LogP contribution in [-0.4, -0.2) is 47.6 Å². The van der Waals surface area contributed by atoms with Gasteiger partial charge in [0.15, 0.2) is 0 Å². The van der Waals surface area contributed by atoms with Gasteiger partial charge in [0, 0.05) is 19.6 Å². The number of hydrogen-bond acceptors (Lipinski definition) is 4. The Hall–Kier alpha value is -2.18. The molecule has 1 aromatic rings. The zero-order valence-electron chi connectivity index (χ0n) is 15.7.